The Morgan fingerprint density at radius 1 is 1.14 bits per heavy atom. The maximum absolute atomic E-state index is 13.6. The number of pyridine rings is 1. The van der Waals surface area contributed by atoms with Crippen molar-refractivity contribution in [3.05, 3.63) is 65.2 Å². The van der Waals surface area contributed by atoms with E-state index in [1.54, 1.807) is 34.1 Å². The van der Waals surface area contributed by atoms with Gasteiger partial charge in [0.15, 0.2) is 0 Å². The predicted octanol–water partition coefficient (Wildman–Crippen LogP) is 1.11. The van der Waals surface area contributed by atoms with Gasteiger partial charge in [0.1, 0.15) is 11.5 Å². The molecule has 0 spiro atoms. The van der Waals surface area contributed by atoms with E-state index in [-0.39, 0.29) is 24.0 Å². The molecule has 0 radical (unpaired) electrons. The van der Waals surface area contributed by atoms with Crippen LogP contribution in [0.25, 0.3) is 0 Å². The molecule has 0 aliphatic carbocycles. The number of nitrogens with one attached hydrogen (secondary N) is 1. The quantitative estimate of drug-likeness (QED) is 0.757. The Hall–Kier alpha value is -3.29. The van der Waals surface area contributed by atoms with Gasteiger partial charge < -0.3 is 15.1 Å². The van der Waals surface area contributed by atoms with Gasteiger partial charge in [-0.05, 0) is 30.2 Å². The van der Waals surface area contributed by atoms with Crippen LogP contribution in [-0.2, 0) is 11.2 Å². The second-order valence-electron chi connectivity index (χ2n) is 6.46. The van der Waals surface area contributed by atoms with Crippen molar-refractivity contribution < 1.29 is 18.8 Å². The van der Waals surface area contributed by atoms with Gasteiger partial charge in [-0.15, -0.1) is 0 Å². The van der Waals surface area contributed by atoms with Crippen LogP contribution in [0.4, 0.5) is 4.39 Å². The predicted molar refractivity (Wildman–Crippen MR) is 100 cm³/mol. The van der Waals surface area contributed by atoms with Crippen LogP contribution < -0.4 is 5.32 Å². The van der Waals surface area contributed by atoms with E-state index in [1.807, 2.05) is 0 Å². The van der Waals surface area contributed by atoms with Crippen LogP contribution in [0.3, 0.4) is 0 Å². The number of amides is 3. The molecular formula is C20H21FN4O3. The van der Waals surface area contributed by atoms with Crippen LogP contribution in [0.5, 0.6) is 0 Å². The highest BCUT2D eigenvalue weighted by molar-refractivity contribution is 5.98. The van der Waals surface area contributed by atoms with Crippen LogP contribution in [0.2, 0.25) is 0 Å². The van der Waals surface area contributed by atoms with Crippen LogP contribution in [0.1, 0.15) is 26.4 Å². The van der Waals surface area contributed by atoms with E-state index >= 15 is 0 Å². The summed E-state index contributed by atoms with van der Waals surface area (Å²) in [5.74, 6) is -0.928. The minimum absolute atomic E-state index is 0.130. The lowest BCUT2D eigenvalue weighted by atomic mass is 10.1. The van der Waals surface area contributed by atoms with Gasteiger partial charge in [-0.3, -0.25) is 19.4 Å². The van der Waals surface area contributed by atoms with Gasteiger partial charge in [0.25, 0.3) is 11.8 Å². The average Bonchev–Trinajstić information content (AvgIpc) is 2.74. The second kappa shape index (κ2) is 9.07. The van der Waals surface area contributed by atoms with Crippen LogP contribution in [0, 0.1) is 5.82 Å². The van der Waals surface area contributed by atoms with Crippen molar-refractivity contribution in [3.63, 3.8) is 0 Å². The lowest BCUT2D eigenvalue weighted by Crippen LogP contribution is -2.48. The Balaban J connectivity index is 1.58. The third-order valence-corrected chi connectivity index (χ3v) is 4.63. The van der Waals surface area contributed by atoms with Gasteiger partial charge >= 0.3 is 0 Å². The fourth-order valence-electron chi connectivity index (χ4n) is 3.00. The van der Waals surface area contributed by atoms with Gasteiger partial charge in [0, 0.05) is 44.5 Å². The topological polar surface area (TPSA) is 82.6 Å². The third-order valence-electron chi connectivity index (χ3n) is 4.63. The molecule has 28 heavy (non-hydrogen) atoms. The first-order chi connectivity index (χ1) is 13.6. The molecule has 1 aliphatic rings. The van der Waals surface area contributed by atoms with Crippen molar-refractivity contribution >= 4 is 18.2 Å². The number of benzene rings is 1. The van der Waals surface area contributed by atoms with Crippen molar-refractivity contribution in [2.75, 3.05) is 32.7 Å². The highest BCUT2D eigenvalue weighted by Gasteiger charge is 2.22. The molecule has 1 N–H and O–H groups in total. The largest absolute Gasteiger partial charge is 0.350 e. The van der Waals surface area contributed by atoms with E-state index in [0.29, 0.717) is 43.7 Å². The van der Waals surface area contributed by atoms with E-state index < -0.39 is 5.91 Å². The van der Waals surface area contributed by atoms with E-state index in [4.69, 9.17) is 0 Å². The van der Waals surface area contributed by atoms with Crippen molar-refractivity contribution in [3.8, 4) is 0 Å². The third kappa shape index (κ3) is 4.70. The van der Waals surface area contributed by atoms with Crippen molar-refractivity contribution in [2.24, 2.45) is 0 Å². The van der Waals surface area contributed by atoms with Crippen LogP contribution in [0.15, 0.2) is 42.6 Å². The number of rotatable bonds is 6. The first-order valence-corrected chi connectivity index (χ1v) is 9.05. The van der Waals surface area contributed by atoms with E-state index in [1.165, 1.54) is 18.3 Å². The lowest BCUT2D eigenvalue weighted by molar-refractivity contribution is -0.119. The molecular weight excluding hydrogens is 363 g/mol. The smallest absolute Gasteiger partial charge is 0.269 e. The molecule has 0 bridgehead atoms. The standard InChI is InChI=1S/C20H21FN4O3/c21-17-4-2-1-3-15(17)5-8-23-19(27)18-13-16(6-7-22-18)20(28)25-11-9-24(14-26)10-12-25/h1-4,6-7,13-14H,5,8-12H2,(H,23,27). The SMILES string of the molecule is O=CN1CCN(C(=O)c2ccnc(C(=O)NCCc3ccccc3F)c2)CC1. The zero-order chi connectivity index (χ0) is 19.9. The second-order valence-corrected chi connectivity index (χ2v) is 6.46. The summed E-state index contributed by atoms with van der Waals surface area (Å²) in [6.07, 6.45) is 2.55. The van der Waals surface area contributed by atoms with Crippen LogP contribution in [-0.4, -0.2) is 65.7 Å². The summed E-state index contributed by atoms with van der Waals surface area (Å²) >= 11 is 0. The number of piperazine rings is 1. The molecule has 146 valence electrons. The zero-order valence-corrected chi connectivity index (χ0v) is 15.3. The molecule has 1 fully saturated rings. The highest BCUT2D eigenvalue weighted by Crippen LogP contribution is 2.10. The first-order valence-electron chi connectivity index (χ1n) is 9.05. The summed E-state index contributed by atoms with van der Waals surface area (Å²) < 4.78 is 13.6. The molecule has 8 heteroatoms. The summed E-state index contributed by atoms with van der Waals surface area (Å²) in [4.78, 5) is 43.0. The number of aromatic nitrogens is 1. The van der Waals surface area contributed by atoms with Crippen molar-refractivity contribution in [1.82, 2.24) is 20.1 Å². The summed E-state index contributed by atoms with van der Waals surface area (Å²) in [6, 6.07) is 9.41. The number of halogens is 1. The van der Waals surface area contributed by atoms with Crippen molar-refractivity contribution in [1.29, 1.82) is 0 Å². The molecule has 1 saturated heterocycles. The van der Waals surface area contributed by atoms with E-state index in [9.17, 15) is 18.8 Å². The summed E-state index contributed by atoms with van der Waals surface area (Å²) in [6.45, 7) is 2.13. The van der Waals surface area contributed by atoms with E-state index in [0.717, 1.165) is 6.41 Å². The minimum Gasteiger partial charge on any atom is -0.350 e. The molecule has 0 unspecified atom stereocenters. The summed E-state index contributed by atoms with van der Waals surface area (Å²) in [5.41, 5.74) is 1.02. The Labute approximate surface area is 162 Å². The molecule has 1 aromatic carbocycles. The monoisotopic (exact) mass is 384 g/mol. The molecule has 3 amide bonds. The minimum atomic E-state index is -0.420. The van der Waals surface area contributed by atoms with Gasteiger partial charge in [-0.25, -0.2) is 4.39 Å². The molecule has 0 atom stereocenters. The number of carbonyl (C=O) groups is 3. The number of carbonyl (C=O) groups excluding carboxylic acids is 3. The fraction of sp³-hybridized carbons (Fsp3) is 0.300. The molecule has 2 aromatic rings. The Morgan fingerprint density at radius 2 is 1.89 bits per heavy atom. The number of hydrogen-bond donors (Lipinski definition) is 1. The normalized spacial score (nSPS) is 13.9. The average molecular weight is 384 g/mol. The van der Waals surface area contributed by atoms with Gasteiger partial charge in [0.05, 0.1) is 0 Å². The number of hydrogen-bond acceptors (Lipinski definition) is 4. The molecule has 1 aromatic heterocycles. The summed E-state index contributed by atoms with van der Waals surface area (Å²) in [5, 5.41) is 2.70. The molecule has 1 aliphatic heterocycles. The molecule has 3 rings (SSSR count). The highest BCUT2D eigenvalue weighted by atomic mass is 19.1. The van der Waals surface area contributed by atoms with Crippen LogP contribution >= 0.6 is 0 Å². The molecule has 7 nitrogen and oxygen atoms in total. The maximum Gasteiger partial charge on any atom is 0.269 e. The number of nitrogens with zero attached hydrogens (tertiary/aromatic N) is 3. The fourth-order valence-corrected chi connectivity index (χ4v) is 3.00. The Morgan fingerprint density at radius 3 is 2.61 bits per heavy atom. The summed E-state index contributed by atoms with van der Waals surface area (Å²) in [7, 11) is 0. The molecule has 0 saturated carbocycles. The first kappa shape index (κ1) is 19.5. The zero-order valence-electron chi connectivity index (χ0n) is 15.3. The molecule has 2 heterocycles. The van der Waals surface area contributed by atoms with E-state index in [2.05, 4.69) is 10.3 Å². The van der Waals surface area contributed by atoms with Gasteiger partial charge in [0.2, 0.25) is 6.41 Å². The lowest BCUT2D eigenvalue weighted by Gasteiger charge is -2.32. The Kier molecular flexibility index (Phi) is 6.31. The Bertz CT molecular complexity index is 866. The van der Waals surface area contributed by atoms with Crippen molar-refractivity contribution in [2.45, 2.75) is 6.42 Å². The van der Waals surface area contributed by atoms with Gasteiger partial charge in [-0.2, -0.15) is 0 Å². The van der Waals surface area contributed by atoms with Gasteiger partial charge in [-0.1, -0.05) is 18.2 Å². The maximum atomic E-state index is 13.6.